The van der Waals surface area contributed by atoms with Gasteiger partial charge in [0.2, 0.25) is 5.91 Å². The summed E-state index contributed by atoms with van der Waals surface area (Å²) in [5.74, 6) is 1.22. The lowest BCUT2D eigenvalue weighted by Gasteiger charge is -2.13. The Kier molecular flexibility index (Phi) is 7.17. The number of nitrogens with zero attached hydrogens (tertiary/aromatic N) is 2. The fourth-order valence-corrected chi connectivity index (χ4v) is 3.91. The molecule has 0 aliphatic carbocycles. The zero-order chi connectivity index (χ0) is 20.8. The third-order valence-electron chi connectivity index (χ3n) is 3.99. The molecule has 1 aliphatic heterocycles. The van der Waals surface area contributed by atoms with Crippen LogP contribution >= 0.6 is 23.4 Å². The second-order valence-electron chi connectivity index (χ2n) is 6.66. The minimum atomic E-state index is -0.255. The molecule has 29 heavy (non-hydrogen) atoms. The van der Waals surface area contributed by atoms with Gasteiger partial charge < -0.3 is 14.8 Å². The maximum absolute atomic E-state index is 12.2. The zero-order valence-electron chi connectivity index (χ0n) is 16.4. The fourth-order valence-electron chi connectivity index (χ4n) is 2.73. The van der Waals surface area contributed by atoms with Gasteiger partial charge in [-0.1, -0.05) is 35.5 Å². The molecule has 152 valence electrons. The number of nitrogens with one attached hydrogen (secondary N) is 1. The van der Waals surface area contributed by atoms with E-state index in [4.69, 9.17) is 21.1 Å². The number of hydrogen-bond acceptors (Lipinski definition) is 6. The molecular weight excluding hydrogens is 410 g/mol. The number of hydrogen-bond donors (Lipinski definition) is 1. The van der Waals surface area contributed by atoms with Crippen molar-refractivity contribution in [3.63, 3.8) is 0 Å². The molecular formula is C21H22ClN3O3S. The molecule has 1 saturated heterocycles. The number of amides is 1. The van der Waals surface area contributed by atoms with Crippen LogP contribution in [0.4, 0.5) is 0 Å². The topological polar surface area (TPSA) is 72.3 Å². The molecule has 0 saturated carbocycles. The van der Waals surface area contributed by atoms with Crippen LogP contribution in [0.1, 0.15) is 25.0 Å². The van der Waals surface area contributed by atoms with Crippen molar-refractivity contribution in [3.8, 4) is 11.5 Å². The zero-order valence-corrected chi connectivity index (χ0v) is 18.0. The molecule has 2 aromatic rings. The first-order chi connectivity index (χ1) is 13.9. The van der Waals surface area contributed by atoms with E-state index in [1.54, 1.807) is 13.3 Å². The van der Waals surface area contributed by atoms with Gasteiger partial charge in [-0.15, -0.1) is 5.10 Å². The third kappa shape index (κ3) is 5.98. The fraction of sp³-hybridized carbons (Fsp3) is 0.286. The first-order valence-electron chi connectivity index (χ1n) is 9.12. The van der Waals surface area contributed by atoms with Gasteiger partial charge >= 0.3 is 0 Å². The Morgan fingerprint density at radius 1 is 1.24 bits per heavy atom. The summed E-state index contributed by atoms with van der Waals surface area (Å²) < 4.78 is 11.1. The molecule has 2 aromatic carbocycles. The first kappa shape index (κ1) is 21.2. The highest BCUT2D eigenvalue weighted by molar-refractivity contribution is 8.15. The Morgan fingerprint density at radius 3 is 2.79 bits per heavy atom. The van der Waals surface area contributed by atoms with E-state index in [2.05, 4.69) is 15.5 Å². The Labute approximate surface area is 179 Å². The number of halogens is 1. The van der Waals surface area contributed by atoms with Crippen LogP contribution in [0.3, 0.4) is 0 Å². The predicted octanol–water partition coefficient (Wildman–Crippen LogP) is 4.30. The summed E-state index contributed by atoms with van der Waals surface area (Å²) in [5, 5.41) is 11.9. The molecule has 0 radical (unpaired) electrons. The minimum absolute atomic E-state index is 0.0534. The third-order valence-corrected chi connectivity index (χ3v) is 5.30. The normalized spacial score (nSPS) is 17.9. The number of methoxy groups -OCH3 is 1. The Bertz CT molecular complexity index is 947. The molecule has 8 heteroatoms. The van der Waals surface area contributed by atoms with Gasteiger partial charge in [-0.3, -0.25) is 4.79 Å². The van der Waals surface area contributed by atoms with E-state index >= 15 is 0 Å². The van der Waals surface area contributed by atoms with Crippen molar-refractivity contribution in [3.05, 3.63) is 58.6 Å². The summed E-state index contributed by atoms with van der Waals surface area (Å²) in [7, 11) is 1.59. The van der Waals surface area contributed by atoms with E-state index < -0.39 is 0 Å². The van der Waals surface area contributed by atoms with Crippen LogP contribution in [-0.4, -0.2) is 35.8 Å². The average Bonchev–Trinajstić information content (AvgIpc) is 3.01. The van der Waals surface area contributed by atoms with Crippen LogP contribution in [0.25, 0.3) is 0 Å². The molecule has 1 unspecified atom stereocenters. The smallest absolute Gasteiger partial charge is 0.239 e. The molecule has 3 rings (SSSR count). The van der Waals surface area contributed by atoms with Gasteiger partial charge in [0.15, 0.2) is 16.7 Å². The van der Waals surface area contributed by atoms with Crippen molar-refractivity contribution < 1.29 is 14.3 Å². The van der Waals surface area contributed by atoms with Crippen molar-refractivity contribution in [2.45, 2.75) is 31.6 Å². The van der Waals surface area contributed by atoms with E-state index in [0.717, 1.165) is 11.1 Å². The highest BCUT2D eigenvalue weighted by atomic mass is 35.5. The number of benzene rings is 2. The van der Waals surface area contributed by atoms with Crippen LogP contribution < -0.4 is 14.8 Å². The second kappa shape index (κ2) is 9.80. The summed E-state index contributed by atoms with van der Waals surface area (Å²) >= 11 is 7.37. The number of thioether (sulfide) groups is 1. The van der Waals surface area contributed by atoms with Crippen LogP contribution in [0.15, 0.2) is 52.7 Å². The lowest BCUT2D eigenvalue weighted by Crippen LogP contribution is -2.25. The van der Waals surface area contributed by atoms with Gasteiger partial charge in [0.05, 0.1) is 24.7 Å². The monoisotopic (exact) mass is 431 g/mol. The molecule has 1 heterocycles. The highest BCUT2D eigenvalue weighted by Gasteiger charge is 2.30. The van der Waals surface area contributed by atoms with Gasteiger partial charge in [0.1, 0.15) is 0 Å². The minimum Gasteiger partial charge on any atom is -0.493 e. The molecule has 1 atom stereocenters. The van der Waals surface area contributed by atoms with Crippen molar-refractivity contribution in [1.82, 2.24) is 5.32 Å². The second-order valence-corrected chi connectivity index (χ2v) is 8.28. The van der Waals surface area contributed by atoms with Crippen molar-refractivity contribution in [2.24, 2.45) is 10.2 Å². The maximum atomic E-state index is 12.2. The van der Waals surface area contributed by atoms with E-state index in [-0.39, 0.29) is 17.3 Å². The largest absolute Gasteiger partial charge is 0.493 e. The van der Waals surface area contributed by atoms with Gasteiger partial charge in [0.25, 0.3) is 0 Å². The van der Waals surface area contributed by atoms with Crippen molar-refractivity contribution in [2.75, 3.05) is 7.11 Å². The Morgan fingerprint density at radius 2 is 2.07 bits per heavy atom. The van der Waals surface area contributed by atoms with Crippen LogP contribution in [0.2, 0.25) is 5.02 Å². The number of amidine groups is 1. The first-order valence-corrected chi connectivity index (χ1v) is 10.4. The van der Waals surface area contributed by atoms with E-state index in [1.807, 2.05) is 56.3 Å². The summed E-state index contributed by atoms with van der Waals surface area (Å²) in [6.07, 6.45) is 2.23. The van der Waals surface area contributed by atoms with E-state index in [9.17, 15) is 4.79 Å². The Balaban J connectivity index is 1.64. The molecule has 1 amide bonds. The van der Waals surface area contributed by atoms with Crippen molar-refractivity contribution >= 4 is 40.7 Å². The summed E-state index contributed by atoms with van der Waals surface area (Å²) in [6, 6.07) is 13.0. The highest BCUT2D eigenvalue weighted by Crippen LogP contribution is 2.28. The van der Waals surface area contributed by atoms with Gasteiger partial charge in [-0.05, 0) is 61.7 Å². The van der Waals surface area contributed by atoms with Crippen LogP contribution in [-0.2, 0) is 11.2 Å². The quantitative estimate of drug-likeness (QED) is 0.524. The number of carbonyl (C=O) groups excluding carboxylic acids is 1. The molecule has 6 nitrogen and oxygen atoms in total. The molecule has 0 aromatic heterocycles. The number of carbonyl (C=O) groups is 1. The lowest BCUT2D eigenvalue weighted by molar-refractivity contribution is -0.118. The lowest BCUT2D eigenvalue weighted by atomic mass is 10.1. The summed E-state index contributed by atoms with van der Waals surface area (Å²) in [6.45, 7) is 3.91. The maximum Gasteiger partial charge on any atom is 0.239 e. The standard InChI is InChI=1S/C21H22ClN3O3S/c1-13(2)28-17-8-7-15(10-18(17)27-3)12-23-25-21-24-20(26)19(29-21)11-14-5-4-6-16(22)9-14/h4-10,12-13,19H,11H2,1-3H3,(H,24,25,26)/b23-12+. The molecule has 1 N–H and O–H groups in total. The van der Waals surface area contributed by atoms with Gasteiger partial charge in [-0.2, -0.15) is 5.10 Å². The van der Waals surface area contributed by atoms with Crippen LogP contribution in [0, 0.1) is 0 Å². The van der Waals surface area contributed by atoms with Gasteiger partial charge in [-0.25, -0.2) is 0 Å². The van der Waals surface area contributed by atoms with E-state index in [1.165, 1.54) is 11.8 Å². The molecule has 1 aliphatic rings. The summed E-state index contributed by atoms with van der Waals surface area (Å²) in [5.41, 5.74) is 1.82. The molecule has 0 spiro atoms. The van der Waals surface area contributed by atoms with Crippen molar-refractivity contribution in [1.29, 1.82) is 0 Å². The molecule has 1 fully saturated rings. The summed E-state index contributed by atoms with van der Waals surface area (Å²) in [4.78, 5) is 12.2. The SMILES string of the molecule is COc1cc(/C=N/N=C2\NC(=O)C(Cc3cccc(Cl)c3)S2)ccc1OC(C)C. The molecule has 0 bridgehead atoms. The predicted molar refractivity (Wildman–Crippen MR) is 118 cm³/mol. The number of ether oxygens (including phenoxy) is 2. The van der Waals surface area contributed by atoms with E-state index in [0.29, 0.717) is 28.1 Å². The average molecular weight is 432 g/mol. The van der Waals surface area contributed by atoms with Crippen LogP contribution in [0.5, 0.6) is 11.5 Å². The van der Waals surface area contributed by atoms with Gasteiger partial charge in [0, 0.05) is 5.02 Å². The Hall–Kier alpha value is -2.51. The number of rotatable bonds is 7.